The summed E-state index contributed by atoms with van der Waals surface area (Å²) in [4.78, 5) is 6.20. The molecule has 0 aliphatic heterocycles. The normalized spacial score (nSPS) is 16.2. The maximum absolute atomic E-state index is 5.63. The van der Waals surface area contributed by atoms with Crippen LogP contribution in [-0.4, -0.2) is 11.5 Å². The molecule has 18 heavy (non-hydrogen) atoms. The molecule has 0 spiro atoms. The van der Waals surface area contributed by atoms with Gasteiger partial charge < -0.3 is 5.73 Å². The Balaban J connectivity index is 2.17. The molecule has 1 aliphatic rings. The van der Waals surface area contributed by atoms with Crippen LogP contribution in [0, 0.1) is 0 Å². The summed E-state index contributed by atoms with van der Waals surface area (Å²) in [6.07, 6.45) is 1.97. The highest BCUT2D eigenvalue weighted by Crippen LogP contribution is 2.44. The molecule has 0 amide bonds. The Kier molecular flexibility index (Phi) is 2.76. The lowest BCUT2D eigenvalue weighted by Gasteiger charge is -2.31. The molecule has 0 saturated carbocycles. The first-order valence-corrected chi connectivity index (χ1v) is 7.22. The van der Waals surface area contributed by atoms with Crippen LogP contribution >= 0.6 is 11.3 Å². The van der Waals surface area contributed by atoms with Crippen molar-refractivity contribution >= 4 is 11.3 Å². The van der Waals surface area contributed by atoms with Crippen molar-refractivity contribution in [2.24, 2.45) is 5.73 Å². The monoisotopic (exact) mass is 258 g/mol. The van der Waals surface area contributed by atoms with Gasteiger partial charge in [-0.3, -0.25) is 0 Å². The van der Waals surface area contributed by atoms with Crippen LogP contribution in [0.3, 0.4) is 0 Å². The first-order chi connectivity index (χ1) is 8.62. The van der Waals surface area contributed by atoms with Gasteiger partial charge in [0.15, 0.2) is 0 Å². The van der Waals surface area contributed by atoms with Crippen molar-refractivity contribution in [3.63, 3.8) is 0 Å². The van der Waals surface area contributed by atoms with E-state index in [4.69, 9.17) is 10.7 Å². The quantitative estimate of drug-likeness (QED) is 0.898. The molecule has 0 radical (unpaired) electrons. The fourth-order valence-electron chi connectivity index (χ4n) is 2.74. The molecule has 94 valence electrons. The Morgan fingerprint density at radius 1 is 1.33 bits per heavy atom. The second-order valence-corrected chi connectivity index (χ2v) is 6.69. The lowest BCUT2D eigenvalue weighted by molar-refractivity contribution is 0.521. The molecule has 2 aromatic rings. The molecule has 0 saturated heterocycles. The Bertz CT molecular complexity index is 584. The molecule has 0 bridgehead atoms. The number of benzene rings is 1. The van der Waals surface area contributed by atoms with Crippen molar-refractivity contribution in [3.8, 4) is 11.3 Å². The van der Waals surface area contributed by atoms with Crippen molar-refractivity contribution in [3.05, 3.63) is 39.7 Å². The zero-order valence-electron chi connectivity index (χ0n) is 10.9. The summed E-state index contributed by atoms with van der Waals surface area (Å²) < 4.78 is 0. The number of thiazole rings is 1. The third kappa shape index (κ3) is 1.78. The third-order valence-electron chi connectivity index (χ3n) is 3.61. The van der Waals surface area contributed by atoms with Crippen LogP contribution in [0.5, 0.6) is 0 Å². The van der Waals surface area contributed by atoms with E-state index in [1.54, 1.807) is 0 Å². The number of nitrogens with zero attached hydrogens (tertiary/aromatic N) is 1. The zero-order valence-corrected chi connectivity index (χ0v) is 11.7. The van der Waals surface area contributed by atoms with Gasteiger partial charge in [0.25, 0.3) is 0 Å². The van der Waals surface area contributed by atoms with Gasteiger partial charge in [-0.25, -0.2) is 4.98 Å². The van der Waals surface area contributed by atoms with Crippen molar-refractivity contribution < 1.29 is 0 Å². The molecular weight excluding hydrogens is 240 g/mol. The molecule has 3 rings (SSSR count). The fraction of sp³-hybridized carbons (Fsp3) is 0.400. The van der Waals surface area contributed by atoms with Crippen molar-refractivity contribution in [1.82, 2.24) is 4.98 Å². The summed E-state index contributed by atoms with van der Waals surface area (Å²) in [5, 5.41) is 1.18. The largest absolute Gasteiger partial charge is 0.330 e. The summed E-state index contributed by atoms with van der Waals surface area (Å²) in [6, 6.07) is 8.66. The average molecular weight is 258 g/mol. The van der Waals surface area contributed by atoms with Crippen LogP contribution in [0.15, 0.2) is 24.3 Å². The number of aromatic nitrogens is 1. The summed E-state index contributed by atoms with van der Waals surface area (Å²) in [5.74, 6) is 0. The minimum absolute atomic E-state index is 0.204. The van der Waals surface area contributed by atoms with E-state index in [0.29, 0.717) is 6.54 Å². The molecule has 1 aliphatic carbocycles. The van der Waals surface area contributed by atoms with Crippen LogP contribution in [0.4, 0.5) is 0 Å². The number of fused-ring (bicyclic) bond motifs is 3. The molecule has 3 heteroatoms. The van der Waals surface area contributed by atoms with Gasteiger partial charge in [-0.05, 0) is 23.9 Å². The standard InChI is InChI=1S/C15H18N2S/c1-15(2)9-12-14(17-13(18-12)7-8-16)10-5-3-4-6-11(10)15/h3-6H,7-9,16H2,1-2H3. The van der Waals surface area contributed by atoms with Crippen molar-refractivity contribution in [2.45, 2.75) is 32.1 Å². The Morgan fingerprint density at radius 3 is 2.89 bits per heavy atom. The van der Waals surface area contributed by atoms with Gasteiger partial charge in [0.05, 0.1) is 10.7 Å². The molecule has 0 atom stereocenters. The van der Waals surface area contributed by atoms with Crippen molar-refractivity contribution in [1.29, 1.82) is 0 Å². The highest BCUT2D eigenvalue weighted by atomic mass is 32.1. The van der Waals surface area contributed by atoms with E-state index < -0.39 is 0 Å². The Morgan fingerprint density at radius 2 is 2.11 bits per heavy atom. The Labute approximate surface area is 112 Å². The SMILES string of the molecule is CC1(C)Cc2sc(CCN)nc2-c2ccccc21. The number of hydrogen-bond donors (Lipinski definition) is 1. The molecular formula is C15H18N2S. The number of nitrogens with two attached hydrogens (primary N) is 1. The van der Waals surface area contributed by atoms with E-state index in [1.165, 1.54) is 26.7 Å². The lowest BCUT2D eigenvalue weighted by atomic mass is 9.74. The Hall–Kier alpha value is -1.19. The molecule has 0 fully saturated rings. The van der Waals surface area contributed by atoms with Crippen LogP contribution in [-0.2, 0) is 18.3 Å². The second kappa shape index (κ2) is 4.18. The van der Waals surface area contributed by atoms with Gasteiger partial charge in [0, 0.05) is 16.9 Å². The average Bonchev–Trinajstić information content (AvgIpc) is 2.72. The van der Waals surface area contributed by atoms with Gasteiger partial charge in [0.2, 0.25) is 0 Å². The van der Waals surface area contributed by atoms with Gasteiger partial charge in [-0.1, -0.05) is 38.1 Å². The van der Waals surface area contributed by atoms with E-state index >= 15 is 0 Å². The van der Waals surface area contributed by atoms with Gasteiger partial charge >= 0.3 is 0 Å². The molecule has 1 heterocycles. The molecule has 1 aromatic carbocycles. The minimum atomic E-state index is 0.204. The van der Waals surface area contributed by atoms with Crippen LogP contribution in [0.2, 0.25) is 0 Å². The molecule has 0 unspecified atom stereocenters. The van der Waals surface area contributed by atoms with Gasteiger partial charge in [0.1, 0.15) is 0 Å². The highest BCUT2D eigenvalue weighted by molar-refractivity contribution is 7.12. The number of rotatable bonds is 2. The summed E-state index contributed by atoms with van der Waals surface area (Å²) in [5.41, 5.74) is 9.76. The van der Waals surface area contributed by atoms with E-state index in [9.17, 15) is 0 Å². The van der Waals surface area contributed by atoms with E-state index in [2.05, 4.69) is 38.1 Å². The fourth-order valence-corrected chi connectivity index (χ4v) is 4.06. The predicted molar refractivity (Wildman–Crippen MR) is 77.0 cm³/mol. The first kappa shape index (κ1) is 11.9. The summed E-state index contributed by atoms with van der Waals surface area (Å²) in [7, 11) is 0. The smallest absolute Gasteiger partial charge is 0.0948 e. The summed E-state index contributed by atoms with van der Waals surface area (Å²) >= 11 is 1.83. The first-order valence-electron chi connectivity index (χ1n) is 6.40. The summed E-state index contributed by atoms with van der Waals surface area (Å²) in [6.45, 7) is 5.31. The number of hydrogen-bond acceptors (Lipinski definition) is 3. The maximum Gasteiger partial charge on any atom is 0.0948 e. The molecule has 2 N–H and O–H groups in total. The highest BCUT2D eigenvalue weighted by Gasteiger charge is 2.32. The van der Waals surface area contributed by atoms with Crippen LogP contribution in [0.1, 0.15) is 29.3 Å². The van der Waals surface area contributed by atoms with Gasteiger partial charge in [-0.2, -0.15) is 0 Å². The lowest BCUT2D eigenvalue weighted by Crippen LogP contribution is -2.24. The van der Waals surface area contributed by atoms with Crippen LogP contribution in [0.25, 0.3) is 11.3 Å². The molecule has 2 nitrogen and oxygen atoms in total. The maximum atomic E-state index is 5.63. The topological polar surface area (TPSA) is 38.9 Å². The van der Waals surface area contributed by atoms with Crippen molar-refractivity contribution in [2.75, 3.05) is 6.54 Å². The third-order valence-corrected chi connectivity index (χ3v) is 4.73. The molecule has 1 aromatic heterocycles. The minimum Gasteiger partial charge on any atom is -0.330 e. The van der Waals surface area contributed by atoms with Gasteiger partial charge in [-0.15, -0.1) is 11.3 Å². The van der Waals surface area contributed by atoms with E-state index in [0.717, 1.165) is 12.8 Å². The zero-order chi connectivity index (χ0) is 12.8. The van der Waals surface area contributed by atoms with E-state index in [-0.39, 0.29) is 5.41 Å². The van der Waals surface area contributed by atoms with Crippen LogP contribution < -0.4 is 5.73 Å². The second-order valence-electron chi connectivity index (χ2n) is 5.52. The predicted octanol–water partition coefficient (Wildman–Crippen LogP) is 3.15. The van der Waals surface area contributed by atoms with E-state index in [1.807, 2.05) is 11.3 Å².